The Hall–Kier alpha value is -0.950. The molecule has 1 fully saturated rings. The van der Waals surface area contributed by atoms with Crippen molar-refractivity contribution in [3.05, 3.63) is 11.9 Å². The maximum Gasteiger partial charge on any atom is 0.335 e. The predicted octanol–water partition coefficient (Wildman–Crippen LogP) is 0.972. The first-order valence-electron chi connectivity index (χ1n) is 5.04. The van der Waals surface area contributed by atoms with E-state index < -0.39 is 10.2 Å². The normalized spacial score (nSPS) is 18.9. The van der Waals surface area contributed by atoms with E-state index in [0.717, 1.165) is 0 Å². The zero-order chi connectivity index (χ0) is 11.8. The van der Waals surface area contributed by atoms with Crippen molar-refractivity contribution >= 4 is 10.2 Å². The molecule has 1 aromatic heterocycles. The van der Waals surface area contributed by atoms with E-state index in [1.54, 1.807) is 7.05 Å². The molecule has 0 radical (unpaired) electrons. The lowest BCUT2D eigenvalue weighted by Crippen LogP contribution is -2.16. The van der Waals surface area contributed by atoms with Gasteiger partial charge in [-0.1, -0.05) is 0 Å². The summed E-state index contributed by atoms with van der Waals surface area (Å²) < 4.78 is 41.5. The van der Waals surface area contributed by atoms with Gasteiger partial charge in [-0.15, -0.1) is 3.89 Å². The summed E-state index contributed by atoms with van der Waals surface area (Å²) in [5.74, 6) is -0.0320. The quantitative estimate of drug-likeness (QED) is 0.732. The smallest absolute Gasteiger partial charge is 0.335 e. The van der Waals surface area contributed by atoms with Gasteiger partial charge >= 0.3 is 10.2 Å². The van der Waals surface area contributed by atoms with Gasteiger partial charge in [-0.05, 0) is 12.8 Å². The number of hydrogen-bond donors (Lipinski definition) is 0. The van der Waals surface area contributed by atoms with Gasteiger partial charge < -0.3 is 4.74 Å². The van der Waals surface area contributed by atoms with E-state index in [4.69, 9.17) is 4.74 Å². The molecule has 1 aliphatic heterocycles. The van der Waals surface area contributed by atoms with E-state index in [2.05, 4.69) is 5.10 Å². The second kappa shape index (κ2) is 4.14. The molecule has 16 heavy (non-hydrogen) atoms. The number of aryl methyl sites for hydroxylation is 1. The average molecular weight is 248 g/mol. The van der Waals surface area contributed by atoms with E-state index in [-0.39, 0.29) is 10.8 Å². The molecule has 0 atom stereocenters. The zero-order valence-corrected chi connectivity index (χ0v) is 9.71. The fourth-order valence-electron chi connectivity index (χ4n) is 1.93. The number of rotatable bonds is 2. The summed E-state index contributed by atoms with van der Waals surface area (Å²) in [5.41, 5.74) is 0.327. The molecule has 7 heteroatoms. The number of ether oxygens (including phenoxy) is 1. The third-order valence-electron chi connectivity index (χ3n) is 2.69. The van der Waals surface area contributed by atoms with Gasteiger partial charge in [0, 0.05) is 32.4 Å². The van der Waals surface area contributed by atoms with Crippen molar-refractivity contribution in [3.63, 3.8) is 0 Å². The van der Waals surface area contributed by atoms with E-state index >= 15 is 0 Å². The number of nitrogens with zero attached hydrogens (tertiary/aromatic N) is 2. The maximum atomic E-state index is 13.0. The minimum absolute atomic E-state index is 0.0320. The van der Waals surface area contributed by atoms with Gasteiger partial charge in [-0.3, -0.25) is 4.68 Å². The fourth-order valence-corrected chi connectivity index (χ4v) is 2.66. The minimum Gasteiger partial charge on any atom is -0.381 e. The van der Waals surface area contributed by atoms with Crippen molar-refractivity contribution in [1.82, 2.24) is 9.78 Å². The molecule has 0 spiro atoms. The van der Waals surface area contributed by atoms with Crippen LogP contribution in [0.15, 0.2) is 11.1 Å². The Balaban J connectivity index is 2.39. The first-order chi connectivity index (χ1) is 7.48. The van der Waals surface area contributed by atoms with E-state index in [1.165, 1.54) is 10.9 Å². The lowest BCUT2D eigenvalue weighted by atomic mass is 9.97. The molecule has 5 nitrogen and oxygen atoms in total. The summed E-state index contributed by atoms with van der Waals surface area (Å²) in [6.45, 7) is 1.13. The highest BCUT2D eigenvalue weighted by Crippen LogP contribution is 2.31. The van der Waals surface area contributed by atoms with Gasteiger partial charge in [0.25, 0.3) is 0 Å². The Morgan fingerprint density at radius 3 is 2.69 bits per heavy atom. The Kier molecular flexibility index (Phi) is 2.98. The largest absolute Gasteiger partial charge is 0.381 e. The van der Waals surface area contributed by atoms with E-state index in [9.17, 15) is 12.3 Å². The number of hydrogen-bond acceptors (Lipinski definition) is 4. The molecule has 1 saturated heterocycles. The average Bonchev–Trinajstić information content (AvgIpc) is 2.61. The summed E-state index contributed by atoms with van der Waals surface area (Å²) in [7, 11) is -3.11. The Morgan fingerprint density at radius 1 is 1.50 bits per heavy atom. The van der Waals surface area contributed by atoms with Crippen molar-refractivity contribution in [1.29, 1.82) is 0 Å². The molecular formula is C9H13FN2O3S. The highest BCUT2D eigenvalue weighted by molar-refractivity contribution is 7.86. The van der Waals surface area contributed by atoms with Crippen LogP contribution in [0.1, 0.15) is 24.5 Å². The third kappa shape index (κ3) is 2.25. The summed E-state index contributed by atoms with van der Waals surface area (Å²) >= 11 is 0. The van der Waals surface area contributed by atoms with Crippen molar-refractivity contribution in [2.24, 2.45) is 7.05 Å². The van der Waals surface area contributed by atoms with Gasteiger partial charge in [-0.25, -0.2) is 0 Å². The summed E-state index contributed by atoms with van der Waals surface area (Å²) in [5, 5.41) is 4.04. The van der Waals surface area contributed by atoms with Crippen molar-refractivity contribution < 1.29 is 17.0 Å². The predicted molar refractivity (Wildman–Crippen MR) is 54.3 cm³/mol. The molecule has 1 aromatic rings. The zero-order valence-electron chi connectivity index (χ0n) is 8.89. The van der Waals surface area contributed by atoms with Crippen LogP contribution in [-0.2, 0) is 22.0 Å². The van der Waals surface area contributed by atoms with Crippen LogP contribution in [0.25, 0.3) is 0 Å². The van der Waals surface area contributed by atoms with Crippen LogP contribution in [0, 0.1) is 0 Å². The summed E-state index contributed by atoms with van der Waals surface area (Å²) in [6.07, 6.45) is 2.57. The molecule has 0 saturated carbocycles. The Labute approximate surface area is 93.4 Å². The lowest BCUT2D eigenvalue weighted by Gasteiger charge is -2.20. The van der Waals surface area contributed by atoms with Gasteiger partial charge in [0.1, 0.15) is 4.90 Å². The first-order valence-corrected chi connectivity index (χ1v) is 6.43. The third-order valence-corrected chi connectivity index (χ3v) is 3.53. The van der Waals surface area contributed by atoms with Crippen LogP contribution < -0.4 is 0 Å². The fraction of sp³-hybridized carbons (Fsp3) is 0.667. The van der Waals surface area contributed by atoms with Crippen LogP contribution in [0.2, 0.25) is 0 Å². The molecule has 0 aromatic carbocycles. The summed E-state index contributed by atoms with van der Waals surface area (Å²) in [6, 6.07) is 0. The monoisotopic (exact) mass is 248 g/mol. The van der Waals surface area contributed by atoms with E-state index in [0.29, 0.717) is 31.7 Å². The van der Waals surface area contributed by atoms with E-state index in [1.807, 2.05) is 0 Å². The summed E-state index contributed by atoms with van der Waals surface area (Å²) in [4.78, 5) is -0.304. The number of halogens is 1. The van der Waals surface area contributed by atoms with Crippen LogP contribution in [-0.4, -0.2) is 31.4 Å². The van der Waals surface area contributed by atoms with Gasteiger partial charge in [0.15, 0.2) is 0 Å². The molecular weight excluding hydrogens is 235 g/mol. The molecule has 1 aliphatic rings. The lowest BCUT2D eigenvalue weighted by molar-refractivity contribution is 0.0838. The molecule has 0 unspecified atom stereocenters. The van der Waals surface area contributed by atoms with Crippen molar-refractivity contribution in [2.45, 2.75) is 23.7 Å². The van der Waals surface area contributed by atoms with Crippen LogP contribution in [0.5, 0.6) is 0 Å². The Bertz CT molecular complexity index is 477. The van der Waals surface area contributed by atoms with Crippen molar-refractivity contribution in [3.8, 4) is 0 Å². The SMILES string of the molecule is Cn1cc(S(=O)(=O)F)c(C2CCOCC2)n1. The second-order valence-corrected chi connectivity index (χ2v) is 5.19. The molecule has 0 bridgehead atoms. The molecule has 90 valence electrons. The minimum atomic E-state index is -4.69. The van der Waals surface area contributed by atoms with Crippen LogP contribution in [0.4, 0.5) is 3.89 Å². The highest BCUT2D eigenvalue weighted by Gasteiger charge is 2.28. The molecule has 2 rings (SSSR count). The maximum absolute atomic E-state index is 13.0. The van der Waals surface area contributed by atoms with Crippen LogP contribution >= 0.6 is 0 Å². The van der Waals surface area contributed by atoms with Gasteiger partial charge in [0.2, 0.25) is 0 Å². The standard InChI is InChI=1S/C9H13FN2O3S/c1-12-6-8(16(10,13)14)9(11-12)7-2-4-15-5-3-7/h6-7H,2-5H2,1H3. The Morgan fingerprint density at radius 2 is 2.12 bits per heavy atom. The second-order valence-electron chi connectivity index (χ2n) is 3.88. The van der Waals surface area contributed by atoms with Crippen LogP contribution in [0.3, 0.4) is 0 Å². The van der Waals surface area contributed by atoms with Gasteiger partial charge in [0.05, 0.1) is 5.69 Å². The topological polar surface area (TPSA) is 61.2 Å². The number of aromatic nitrogens is 2. The molecule has 0 N–H and O–H groups in total. The highest BCUT2D eigenvalue weighted by atomic mass is 32.3. The van der Waals surface area contributed by atoms with Crippen molar-refractivity contribution in [2.75, 3.05) is 13.2 Å². The molecule has 0 amide bonds. The molecule has 2 heterocycles. The first kappa shape index (κ1) is 11.5. The molecule has 0 aliphatic carbocycles. The van der Waals surface area contributed by atoms with Gasteiger partial charge in [-0.2, -0.15) is 13.5 Å².